The van der Waals surface area contributed by atoms with Gasteiger partial charge in [-0.05, 0) is 48.0 Å². The van der Waals surface area contributed by atoms with E-state index in [1.165, 1.54) is 17.8 Å². The summed E-state index contributed by atoms with van der Waals surface area (Å²) in [5.74, 6) is -0.0137. The van der Waals surface area contributed by atoms with Gasteiger partial charge in [0.2, 0.25) is 5.91 Å². The van der Waals surface area contributed by atoms with Gasteiger partial charge in [-0.15, -0.1) is 11.8 Å². The number of anilines is 1. The number of carbonyl (C=O) groups excluding carboxylic acids is 2. The number of benzene rings is 3. The number of rotatable bonds is 7. The van der Waals surface area contributed by atoms with E-state index in [2.05, 4.69) is 5.32 Å². The van der Waals surface area contributed by atoms with Crippen LogP contribution < -0.4 is 5.32 Å². The fourth-order valence-corrected chi connectivity index (χ4v) is 3.63. The minimum Gasteiger partial charge on any atom is -0.322 e. The molecule has 1 N–H and O–H groups in total. The molecule has 0 heterocycles. The maximum absolute atomic E-state index is 12.4. The molecule has 3 aromatic carbocycles. The molecule has 0 aromatic heterocycles. The fourth-order valence-electron chi connectivity index (χ4n) is 2.49. The van der Waals surface area contributed by atoms with Crippen LogP contribution in [0.4, 0.5) is 5.69 Å². The smallest absolute Gasteiger partial charge is 0.248 e. The molecule has 0 fully saturated rings. The Morgan fingerprint density at radius 3 is 2.45 bits per heavy atom. The minimum atomic E-state index is -0.220. The van der Waals surface area contributed by atoms with Crippen LogP contribution in [-0.4, -0.2) is 17.4 Å². The Hall–Kier alpha value is -2.53. The molecule has 1 amide bonds. The first-order valence-corrected chi connectivity index (χ1v) is 10.5. The van der Waals surface area contributed by atoms with Crippen molar-refractivity contribution in [1.29, 1.82) is 0 Å². The van der Waals surface area contributed by atoms with Crippen molar-refractivity contribution in [3.05, 3.63) is 100 Å². The second-order valence-corrected chi connectivity index (χ2v) is 7.96. The van der Waals surface area contributed by atoms with Crippen molar-refractivity contribution in [2.45, 2.75) is 4.90 Å². The molecule has 0 aliphatic heterocycles. The summed E-state index contributed by atoms with van der Waals surface area (Å²) in [5.41, 5.74) is 2.13. The summed E-state index contributed by atoms with van der Waals surface area (Å²) >= 11 is 13.2. The number of Topliss-reactive ketones (excluding diaryl/α,β-unsaturated/α-hetero) is 1. The lowest BCUT2D eigenvalue weighted by Gasteiger charge is -2.06. The van der Waals surface area contributed by atoms with Crippen molar-refractivity contribution in [2.75, 3.05) is 11.1 Å². The van der Waals surface area contributed by atoms with Crippen LogP contribution in [0.1, 0.15) is 15.9 Å². The van der Waals surface area contributed by atoms with E-state index in [0.717, 1.165) is 10.5 Å². The zero-order valence-electron chi connectivity index (χ0n) is 15.3. The number of carbonyl (C=O) groups is 2. The molecule has 0 spiro atoms. The first kappa shape index (κ1) is 21.2. The summed E-state index contributed by atoms with van der Waals surface area (Å²) < 4.78 is 0. The van der Waals surface area contributed by atoms with Gasteiger partial charge in [-0.25, -0.2) is 0 Å². The SMILES string of the molecule is O=C(/C=C/c1ccccc1)Nc1cccc(SCC(=O)c2ccc(Cl)c(Cl)c2)c1. The van der Waals surface area contributed by atoms with Gasteiger partial charge in [0.1, 0.15) is 0 Å². The fraction of sp³-hybridized carbons (Fsp3) is 0.0435. The molecule has 0 saturated heterocycles. The Morgan fingerprint density at radius 1 is 0.897 bits per heavy atom. The van der Waals surface area contributed by atoms with Gasteiger partial charge < -0.3 is 5.32 Å². The predicted octanol–water partition coefficient (Wildman–Crippen LogP) is 6.62. The lowest BCUT2D eigenvalue weighted by molar-refractivity contribution is -0.111. The molecule has 146 valence electrons. The molecule has 29 heavy (non-hydrogen) atoms. The van der Waals surface area contributed by atoms with E-state index in [1.807, 2.05) is 48.5 Å². The normalized spacial score (nSPS) is 10.8. The van der Waals surface area contributed by atoms with Crippen molar-refractivity contribution in [3.63, 3.8) is 0 Å². The summed E-state index contributed by atoms with van der Waals surface area (Å²) in [7, 11) is 0. The second-order valence-electron chi connectivity index (χ2n) is 6.10. The van der Waals surface area contributed by atoms with Crippen LogP contribution >= 0.6 is 35.0 Å². The molecule has 6 heteroatoms. The number of nitrogens with one attached hydrogen (secondary N) is 1. The summed E-state index contributed by atoms with van der Waals surface area (Å²) in [6.45, 7) is 0. The topological polar surface area (TPSA) is 46.2 Å². The number of thioether (sulfide) groups is 1. The first-order valence-electron chi connectivity index (χ1n) is 8.76. The molecule has 0 saturated carbocycles. The molecule has 0 unspecified atom stereocenters. The van der Waals surface area contributed by atoms with Crippen molar-refractivity contribution in [3.8, 4) is 0 Å². The Kier molecular flexibility index (Phi) is 7.53. The van der Waals surface area contributed by atoms with E-state index in [9.17, 15) is 9.59 Å². The maximum atomic E-state index is 12.4. The lowest BCUT2D eigenvalue weighted by Crippen LogP contribution is -2.07. The van der Waals surface area contributed by atoms with Crippen molar-refractivity contribution in [1.82, 2.24) is 0 Å². The highest BCUT2D eigenvalue weighted by molar-refractivity contribution is 8.00. The third-order valence-corrected chi connectivity index (χ3v) is 5.67. The Labute approximate surface area is 183 Å². The molecule has 0 atom stereocenters. The van der Waals surface area contributed by atoms with E-state index in [-0.39, 0.29) is 17.4 Å². The van der Waals surface area contributed by atoms with Gasteiger partial charge in [-0.2, -0.15) is 0 Å². The molecule has 0 aliphatic rings. The molecule has 0 radical (unpaired) electrons. The van der Waals surface area contributed by atoms with Crippen LogP contribution in [0.2, 0.25) is 10.0 Å². The number of halogens is 2. The van der Waals surface area contributed by atoms with Gasteiger partial charge in [-0.3, -0.25) is 9.59 Å². The van der Waals surface area contributed by atoms with Gasteiger partial charge in [0, 0.05) is 22.2 Å². The largest absolute Gasteiger partial charge is 0.322 e. The third kappa shape index (κ3) is 6.50. The van der Waals surface area contributed by atoms with Gasteiger partial charge in [0.05, 0.1) is 15.8 Å². The summed E-state index contributed by atoms with van der Waals surface area (Å²) in [5, 5.41) is 3.60. The number of hydrogen-bond donors (Lipinski definition) is 1. The molecule has 3 rings (SSSR count). The highest BCUT2D eigenvalue weighted by Crippen LogP contribution is 2.26. The molecular formula is C23H17Cl2NO2S. The second kappa shape index (κ2) is 10.3. The number of amides is 1. The van der Waals surface area contributed by atoms with E-state index in [0.29, 0.717) is 21.3 Å². The standard InChI is InChI=1S/C23H17Cl2NO2S/c24-20-11-10-17(13-21(20)25)22(27)15-29-19-8-4-7-18(14-19)26-23(28)12-9-16-5-2-1-3-6-16/h1-14H,15H2,(H,26,28)/b12-9+. The van der Waals surface area contributed by atoms with Gasteiger partial charge in [-0.1, -0.05) is 59.6 Å². The minimum absolute atomic E-state index is 0.0474. The van der Waals surface area contributed by atoms with Crippen LogP contribution in [0.15, 0.2) is 83.8 Å². The van der Waals surface area contributed by atoms with E-state index >= 15 is 0 Å². The maximum Gasteiger partial charge on any atom is 0.248 e. The highest BCUT2D eigenvalue weighted by Gasteiger charge is 2.09. The highest BCUT2D eigenvalue weighted by atomic mass is 35.5. The lowest BCUT2D eigenvalue weighted by atomic mass is 10.1. The van der Waals surface area contributed by atoms with Gasteiger partial charge in [0.15, 0.2) is 5.78 Å². The summed E-state index contributed by atoms with van der Waals surface area (Å²) in [6.07, 6.45) is 3.24. The molecule has 0 bridgehead atoms. The van der Waals surface area contributed by atoms with E-state index in [4.69, 9.17) is 23.2 Å². The summed E-state index contributed by atoms with van der Waals surface area (Å²) in [4.78, 5) is 25.4. The Balaban J connectivity index is 1.57. The zero-order chi connectivity index (χ0) is 20.6. The third-order valence-electron chi connectivity index (χ3n) is 3.94. The van der Waals surface area contributed by atoms with Crippen LogP contribution in [0, 0.1) is 0 Å². The van der Waals surface area contributed by atoms with Crippen LogP contribution in [0.5, 0.6) is 0 Å². The van der Waals surface area contributed by atoms with Crippen LogP contribution in [0.3, 0.4) is 0 Å². The zero-order valence-corrected chi connectivity index (χ0v) is 17.6. The monoisotopic (exact) mass is 441 g/mol. The van der Waals surface area contributed by atoms with E-state index < -0.39 is 0 Å². The van der Waals surface area contributed by atoms with Crippen LogP contribution in [-0.2, 0) is 4.79 Å². The predicted molar refractivity (Wildman–Crippen MR) is 122 cm³/mol. The molecule has 0 aliphatic carbocycles. The molecule has 3 nitrogen and oxygen atoms in total. The number of ketones is 1. The van der Waals surface area contributed by atoms with Crippen molar-refractivity contribution < 1.29 is 9.59 Å². The average Bonchev–Trinajstić information content (AvgIpc) is 2.73. The quantitative estimate of drug-likeness (QED) is 0.254. The van der Waals surface area contributed by atoms with Gasteiger partial charge in [0.25, 0.3) is 0 Å². The van der Waals surface area contributed by atoms with Crippen molar-refractivity contribution >= 4 is 58.4 Å². The van der Waals surface area contributed by atoms with Crippen molar-refractivity contribution in [2.24, 2.45) is 0 Å². The number of hydrogen-bond acceptors (Lipinski definition) is 3. The molecule has 3 aromatic rings. The van der Waals surface area contributed by atoms with E-state index in [1.54, 1.807) is 30.3 Å². The average molecular weight is 442 g/mol. The Bertz CT molecular complexity index is 1050. The first-order chi connectivity index (χ1) is 14.0. The molecular weight excluding hydrogens is 425 g/mol. The Morgan fingerprint density at radius 2 is 1.69 bits per heavy atom. The summed E-state index contributed by atoms with van der Waals surface area (Å²) in [6, 6.07) is 21.8. The van der Waals surface area contributed by atoms with Crippen LogP contribution in [0.25, 0.3) is 6.08 Å². The van der Waals surface area contributed by atoms with Gasteiger partial charge >= 0.3 is 0 Å².